The minimum Gasteiger partial charge on any atom is -0.468 e. The number of methoxy groups -OCH3 is 1. The summed E-state index contributed by atoms with van der Waals surface area (Å²) in [5.74, 6) is 0.901. The molecule has 3 aliphatic rings. The molecule has 0 aromatic rings. The maximum Gasteiger partial charge on any atom is 0.323 e. The van der Waals surface area contributed by atoms with Gasteiger partial charge in [-0.05, 0) is 49.9 Å². The minimum atomic E-state index is -1.82. The van der Waals surface area contributed by atoms with Gasteiger partial charge in [0, 0.05) is 12.0 Å². The van der Waals surface area contributed by atoms with Gasteiger partial charge in [-0.2, -0.15) is 0 Å². The van der Waals surface area contributed by atoms with E-state index in [-0.39, 0.29) is 23.2 Å². The molecule has 2 aliphatic heterocycles. The van der Waals surface area contributed by atoms with Crippen molar-refractivity contribution in [3.63, 3.8) is 0 Å². The van der Waals surface area contributed by atoms with Crippen LogP contribution in [0.2, 0.25) is 18.1 Å². The van der Waals surface area contributed by atoms with Gasteiger partial charge >= 0.3 is 5.97 Å². The van der Waals surface area contributed by atoms with Crippen molar-refractivity contribution in [2.75, 3.05) is 13.7 Å². The molecule has 0 spiro atoms. The van der Waals surface area contributed by atoms with Crippen molar-refractivity contribution in [2.24, 2.45) is 11.8 Å². The highest BCUT2D eigenvalue weighted by molar-refractivity contribution is 6.74. The third-order valence-electron chi connectivity index (χ3n) is 7.04. The van der Waals surface area contributed by atoms with E-state index < -0.39 is 8.32 Å². The summed E-state index contributed by atoms with van der Waals surface area (Å²) in [5, 5.41) is 0.215. The molecule has 0 bridgehead atoms. The molecule has 142 valence electrons. The summed E-state index contributed by atoms with van der Waals surface area (Å²) in [6.07, 6.45) is 9.34. The Bertz CT molecular complexity index is 540. The molecule has 4 nitrogen and oxygen atoms in total. The van der Waals surface area contributed by atoms with E-state index in [9.17, 15) is 4.79 Å². The molecule has 0 amide bonds. The van der Waals surface area contributed by atoms with E-state index in [2.05, 4.69) is 50.9 Å². The van der Waals surface area contributed by atoms with Gasteiger partial charge in [0.2, 0.25) is 0 Å². The van der Waals surface area contributed by atoms with E-state index in [1.165, 1.54) is 26.4 Å². The van der Waals surface area contributed by atoms with Gasteiger partial charge < -0.3 is 9.16 Å². The average Bonchev–Trinajstić information content (AvgIpc) is 2.74. The molecular weight excluding hydrogens is 330 g/mol. The summed E-state index contributed by atoms with van der Waals surface area (Å²) in [6.45, 7) is 12.6. The molecule has 3 rings (SSSR count). The number of nitrogens with zero attached hydrogens (tertiary/aromatic N) is 1. The number of carbonyl (C=O) groups excluding carboxylic acids is 1. The molecule has 2 heterocycles. The third-order valence-corrected chi connectivity index (χ3v) is 11.5. The number of hydrogen-bond donors (Lipinski definition) is 0. The van der Waals surface area contributed by atoms with Gasteiger partial charge in [0.05, 0.1) is 13.2 Å². The monoisotopic (exact) mass is 365 g/mol. The lowest BCUT2D eigenvalue weighted by Crippen LogP contribution is -2.52. The van der Waals surface area contributed by atoms with E-state index in [0.717, 1.165) is 13.0 Å². The van der Waals surface area contributed by atoms with E-state index in [0.29, 0.717) is 17.9 Å². The lowest BCUT2D eigenvalue weighted by molar-refractivity contribution is -0.146. The first kappa shape index (κ1) is 19.1. The van der Waals surface area contributed by atoms with Crippen LogP contribution in [-0.4, -0.2) is 51.0 Å². The van der Waals surface area contributed by atoms with Crippen molar-refractivity contribution < 1.29 is 14.0 Å². The number of carbonyl (C=O) groups is 1. The van der Waals surface area contributed by atoms with Crippen LogP contribution < -0.4 is 0 Å². The molecule has 0 saturated carbocycles. The molecule has 2 fully saturated rings. The fourth-order valence-electron chi connectivity index (χ4n) is 4.66. The van der Waals surface area contributed by atoms with Crippen LogP contribution in [0.25, 0.3) is 0 Å². The Hall–Kier alpha value is -0.653. The highest BCUT2D eigenvalue weighted by Gasteiger charge is 2.52. The maximum absolute atomic E-state index is 12.3. The van der Waals surface area contributed by atoms with Crippen LogP contribution in [0.4, 0.5) is 0 Å². The van der Waals surface area contributed by atoms with Gasteiger partial charge in [0.15, 0.2) is 8.32 Å². The first-order valence-corrected chi connectivity index (χ1v) is 12.8. The van der Waals surface area contributed by atoms with Crippen molar-refractivity contribution in [1.29, 1.82) is 0 Å². The van der Waals surface area contributed by atoms with E-state index >= 15 is 0 Å². The van der Waals surface area contributed by atoms with Crippen LogP contribution in [-0.2, 0) is 14.0 Å². The van der Waals surface area contributed by atoms with E-state index in [4.69, 9.17) is 9.16 Å². The maximum atomic E-state index is 12.3. The van der Waals surface area contributed by atoms with Crippen LogP contribution in [0.1, 0.15) is 46.5 Å². The first-order chi connectivity index (χ1) is 11.7. The van der Waals surface area contributed by atoms with Crippen molar-refractivity contribution in [2.45, 2.75) is 82.8 Å². The second kappa shape index (κ2) is 6.82. The molecule has 2 saturated heterocycles. The minimum absolute atomic E-state index is 0.0645. The zero-order valence-corrected chi connectivity index (χ0v) is 17.7. The summed E-state index contributed by atoms with van der Waals surface area (Å²) in [5.41, 5.74) is 0. The molecule has 0 aromatic heterocycles. The fraction of sp³-hybridized carbons (Fsp3) is 0.850. The molecule has 25 heavy (non-hydrogen) atoms. The highest BCUT2D eigenvalue weighted by Crippen LogP contribution is 2.46. The Morgan fingerprint density at radius 1 is 1.20 bits per heavy atom. The average molecular weight is 366 g/mol. The molecular formula is C20H35NO3Si. The van der Waals surface area contributed by atoms with Gasteiger partial charge in [-0.25, -0.2) is 0 Å². The predicted molar refractivity (Wildman–Crippen MR) is 103 cm³/mol. The topological polar surface area (TPSA) is 38.8 Å². The highest BCUT2D eigenvalue weighted by atomic mass is 28.4. The summed E-state index contributed by atoms with van der Waals surface area (Å²) >= 11 is 0. The van der Waals surface area contributed by atoms with Crippen LogP contribution >= 0.6 is 0 Å². The molecule has 0 N–H and O–H groups in total. The van der Waals surface area contributed by atoms with Gasteiger partial charge in [0.1, 0.15) is 6.04 Å². The smallest absolute Gasteiger partial charge is 0.323 e. The van der Waals surface area contributed by atoms with Gasteiger partial charge in [-0.1, -0.05) is 39.3 Å². The fourth-order valence-corrected chi connectivity index (χ4v) is 5.94. The zero-order chi connectivity index (χ0) is 18.4. The third kappa shape index (κ3) is 3.47. The van der Waals surface area contributed by atoms with Crippen LogP contribution in [0.5, 0.6) is 0 Å². The lowest BCUT2D eigenvalue weighted by atomic mass is 9.78. The van der Waals surface area contributed by atoms with Gasteiger partial charge in [-0.15, -0.1) is 0 Å². The SMILES string of the molecule is COC(=O)[C@@H]1C[C@@H]2C=C[C@@H](O[Si](C)(C)C(C)(C)C)[C@H]3CCCCN1[C@H]32. The zero-order valence-electron chi connectivity index (χ0n) is 16.7. The molecule has 0 radical (unpaired) electrons. The Labute approximate surface area is 154 Å². The standard InChI is InChI=1S/C20H35NO3Si/c1-20(2,3)25(5,6)24-17-11-10-14-13-16(19(22)23-4)21-12-8-7-9-15(17)18(14)21/h10-11,14-18H,7-9,12-13H2,1-6H3/t14-,15+,16-,17+,18-/m0/s1. The molecule has 5 heteroatoms. The summed E-state index contributed by atoms with van der Waals surface area (Å²) in [7, 11) is -0.303. The lowest BCUT2D eigenvalue weighted by Gasteiger charge is -2.45. The number of esters is 1. The molecule has 5 atom stereocenters. The molecule has 0 aromatic carbocycles. The second-order valence-electron chi connectivity index (χ2n) is 9.55. The van der Waals surface area contributed by atoms with Crippen molar-refractivity contribution >= 4 is 14.3 Å². The summed E-state index contributed by atoms with van der Waals surface area (Å²) < 4.78 is 11.9. The van der Waals surface area contributed by atoms with Crippen molar-refractivity contribution in [1.82, 2.24) is 4.90 Å². The van der Waals surface area contributed by atoms with Crippen molar-refractivity contribution in [3.05, 3.63) is 12.2 Å². The quantitative estimate of drug-likeness (QED) is 0.431. The van der Waals surface area contributed by atoms with E-state index in [1.54, 1.807) is 0 Å². The molecule has 0 unspecified atom stereocenters. The van der Waals surface area contributed by atoms with E-state index in [1.807, 2.05) is 0 Å². The Kier molecular flexibility index (Phi) is 5.22. The largest absolute Gasteiger partial charge is 0.468 e. The summed E-state index contributed by atoms with van der Waals surface area (Å²) in [6, 6.07) is 0.364. The number of hydrogen-bond acceptors (Lipinski definition) is 4. The first-order valence-electron chi connectivity index (χ1n) is 9.85. The van der Waals surface area contributed by atoms with Gasteiger partial charge in [-0.3, -0.25) is 9.69 Å². The Balaban J connectivity index is 1.85. The van der Waals surface area contributed by atoms with Crippen LogP contribution in [0.15, 0.2) is 12.2 Å². The second-order valence-corrected chi connectivity index (χ2v) is 14.3. The Morgan fingerprint density at radius 3 is 2.56 bits per heavy atom. The van der Waals surface area contributed by atoms with Gasteiger partial charge in [0.25, 0.3) is 0 Å². The molecule has 1 aliphatic carbocycles. The summed E-state index contributed by atoms with van der Waals surface area (Å²) in [4.78, 5) is 14.7. The van der Waals surface area contributed by atoms with Crippen LogP contribution in [0, 0.1) is 11.8 Å². The number of ether oxygens (including phenoxy) is 1. The predicted octanol–water partition coefficient (Wildman–Crippen LogP) is 3.98. The Morgan fingerprint density at radius 2 is 1.92 bits per heavy atom. The number of rotatable bonds is 3. The van der Waals surface area contributed by atoms with Crippen molar-refractivity contribution in [3.8, 4) is 0 Å². The van der Waals surface area contributed by atoms with Crippen LogP contribution in [0.3, 0.4) is 0 Å². The normalized spacial score (nSPS) is 36.0.